The van der Waals surface area contributed by atoms with Crippen molar-refractivity contribution in [1.29, 1.82) is 0 Å². The Morgan fingerprint density at radius 2 is 2.00 bits per heavy atom. The summed E-state index contributed by atoms with van der Waals surface area (Å²) in [5.74, 6) is 3.36. The summed E-state index contributed by atoms with van der Waals surface area (Å²) in [6.45, 7) is 1.61. The molecule has 0 aromatic heterocycles. The van der Waals surface area contributed by atoms with Crippen molar-refractivity contribution in [2.45, 2.75) is 44.2 Å². The van der Waals surface area contributed by atoms with Gasteiger partial charge in [-0.25, -0.2) is 0 Å². The van der Waals surface area contributed by atoms with Gasteiger partial charge in [-0.05, 0) is 49.9 Å². The Kier molecular flexibility index (Phi) is 3.75. The first kappa shape index (κ1) is 12.6. The van der Waals surface area contributed by atoms with E-state index in [4.69, 9.17) is 11.2 Å². The minimum atomic E-state index is 0.344. The van der Waals surface area contributed by atoms with E-state index in [2.05, 4.69) is 23.0 Å². The van der Waals surface area contributed by atoms with Crippen LogP contribution < -0.4 is 4.74 Å². The second kappa shape index (κ2) is 5.67. The second-order valence-electron chi connectivity index (χ2n) is 5.54. The Morgan fingerprint density at radius 3 is 2.79 bits per heavy atom. The van der Waals surface area contributed by atoms with Crippen LogP contribution in [0.2, 0.25) is 0 Å². The smallest absolute Gasteiger partial charge is 0.148 e. The number of hydrogen-bond acceptors (Lipinski definition) is 2. The Morgan fingerprint density at radius 1 is 1.16 bits per heavy atom. The first-order valence-electron chi connectivity index (χ1n) is 7.30. The highest BCUT2D eigenvalue weighted by Crippen LogP contribution is 2.40. The van der Waals surface area contributed by atoms with Gasteiger partial charge in [0.25, 0.3) is 0 Å². The van der Waals surface area contributed by atoms with Crippen LogP contribution in [-0.4, -0.2) is 24.1 Å². The molecule has 1 aromatic rings. The molecular weight excluding hydrogens is 234 g/mol. The highest BCUT2D eigenvalue weighted by molar-refractivity contribution is 5.30. The second-order valence-corrected chi connectivity index (χ2v) is 5.54. The van der Waals surface area contributed by atoms with E-state index < -0.39 is 0 Å². The van der Waals surface area contributed by atoms with Gasteiger partial charge in [-0.3, -0.25) is 4.90 Å². The van der Waals surface area contributed by atoms with Crippen LogP contribution in [0.4, 0.5) is 0 Å². The van der Waals surface area contributed by atoms with Gasteiger partial charge in [0.2, 0.25) is 0 Å². The molecule has 2 nitrogen and oxygen atoms in total. The standard InChI is InChI=1S/C17H21NO/c1-2-13-19-16-9-6-14(7-10-16)17-11-8-15-5-3-4-12-18(15)17/h1,6-7,9-10,15,17H,3-5,8,11-13H2/t15-,17+/m1/s1. The molecule has 0 saturated carbocycles. The summed E-state index contributed by atoms with van der Waals surface area (Å²) in [4.78, 5) is 2.71. The first-order chi connectivity index (χ1) is 9.38. The fraction of sp³-hybridized carbons (Fsp3) is 0.529. The highest BCUT2D eigenvalue weighted by Gasteiger charge is 2.35. The van der Waals surface area contributed by atoms with Crippen LogP contribution in [-0.2, 0) is 0 Å². The Bertz CT molecular complexity index is 459. The minimum absolute atomic E-state index is 0.344. The van der Waals surface area contributed by atoms with E-state index in [0.717, 1.165) is 11.8 Å². The molecule has 19 heavy (non-hydrogen) atoms. The third-order valence-corrected chi connectivity index (χ3v) is 4.43. The topological polar surface area (TPSA) is 12.5 Å². The van der Waals surface area contributed by atoms with E-state index in [9.17, 15) is 0 Å². The molecule has 2 atom stereocenters. The Balaban J connectivity index is 1.70. The van der Waals surface area contributed by atoms with E-state index in [0.29, 0.717) is 12.6 Å². The van der Waals surface area contributed by atoms with Crippen LogP contribution in [0.1, 0.15) is 43.7 Å². The number of benzene rings is 1. The van der Waals surface area contributed by atoms with E-state index in [1.807, 2.05) is 12.1 Å². The van der Waals surface area contributed by atoms with Gasteiger partial charge >= 0.3 is 0 Å². The van der Waals surface area contributed by atoms with Gasteiger partial charge in [-0.2, -0.15) is 0 Å². The number of fused-ring (bicyclic) bond motifs is 1. The first-order valence-corrected chi connectivity index (χ1v) is 7.30. The van der Waals surface area contributed by atoms with Crippen LogP contribution in [0.5, 0.6) is 5.75 Å². The summed E-state index contributed by atoms with van der Waals surface area (Å²) in [5.41, 5.74) is 1.43. The zero-order valence-electron chi connectivity index (χ0n) is 11.3. The molecule has 0 amide bonds. The summed E-state index contributed by atoms with van der Waals surface area (Å²) >= 11 is 0. The van der Waals surface area contributed by atoms with Gasteiger partial charge < -0.3 is 4.74 Å². The van der Waals surface area contributed by atoms with Crippen LogP contribution in [0, 0.1) is 12.3 Å². The lowest BCUT2D eigenvalue weighted by Gasteiger charge is -2.34. The van der Waals surface area contributed by atoms with Crippen molar-refractivity contribution in [3.8, 4) is 18.1 Å². The summed E-state index contributed by atoms with van der Waals surface area (Å²) in [5, 5.41) is 0. The summed E-state index contributed by atoms with van der Waals surface area (Å²) in [6.07, 6.45) is 12.0. The van der Waals surface area contributed by atoms with Gasteiger partial charge in [-0.15, -0.1) is 6.42 Å². The molecule has 2 aliphatic heterocycles. The maximum atomic E-state index is 5.43. The van der Waals surface area contributed by atoms with Gasteiger partial charge in [0.05, 0.1) is 0 Å². The third kappa shape index (κ3) is 2.62. The molecule has 100 valence electrons. The molecule has 2 fully saturated rings. The molecule has 1 aromatic carbocycles. The number of terminal acetylenes is 1. The average Bonchev–Trinajstić information content (AvgIpc) is 2.90. The lowest BCUT2D eigenvalue weighted by atomic mass is 10.0. The molecule has 2 heterocycles. The predicted molar refractivity (Wildman–Crippen MR) is 77.1 cm³/mol. The van der Waals surface area contributed by atoms with Gasteiger partial charge in [-0.1, -0.05) is 24.5 Å². The van der Waals surface area contributed by atoms with Crippen molar-refractivity contribution >= 4 is 0 Å². The number of piperidine rings is 1. The van der Waals surface area contributed by atoms with Crippen molar-refractivity contribution in [3.05, 3.63) is 29.8 Å². The summed E-state index contributed by atoms with van der Waals surface area (Å²) < 4.78 is 5.43. The van der Waals surface area contributed by atoms with E-state index in [-0.39, 0.29) is 0 Å². The molecule has 0 spiro atoms. The quantitative estimate of drug-likeness (QED) is 0.768. The van der Waals surface area contributed by atoms with Crippen LogP contribution in [0.15, 0.2) is 24.3 Å². The number of nitrogens with zero attached hydrogens (tertiary/aromatic N) is 1. The van der Waals surface area contributed by atoms with Crippen molar-refractivity contribution in [2.24, 2.45) is 0 Å². The fourth-order valence-electron chi connectivity index (χ4n) is 3.53. The predicted octanol–water partition coefficient (Wildman–Crippen LogP) is 3.39. The molecule has 0 aliphatic carbocycles. The average molecular weight is 255 g/mol. The number of ether oxygens (including phenoxy) is 1. The molecule has 2 heteroatoms. The molecule has 0 radical (unpaired) electrons. The van der Waals surface area contributed by atoms with Crippen molar-refractivity contribution in [1.82, 2.24) is 4.90 Å². The molecule has 2 aliphatic rings. The molecular formula is C17H21NO. The third-order valence-electron chi connectivity index (χ3n) is 4.43. The van der Waals surface area contributed by atoms with Gasteiger partial charge in [0.1, 0.15) is 12.4 Å². The molecule has 0 unspecified atom stereocenters. The molecule has 3 rings (SSSR count). The molecule has 0 bridgehead atoms. The van der Waals surface area contributed by atoms with Crippen molar-refractivity contribution in [2.75, 3.05) is 13.2 Å². The van der Waals surface area contributed by atoms with E-state index in [1.165, 1.54) is 44.2 Å². The van der Waals surface area contributed by atoms with Gasteiger partial charge in [0, 0.05) is 12.1 Å². The van der Waals surface area contributed by atoms with E-state index in [1.54, 1.807) is 0 Å². The SMILES string of the molecule is C#CCOc1ccc([C@@H]2CC[C@H]3CCCCN32)cc1. The zero-order chi connectivity index (χ0) is 13.1. The summed E-state index contributed by atoms with van der Waals surface area (Å²) in [6, 6.07) is 9.94. The number of rotatable bonds is 3. The Labute approximate surface area is 115 Å². The maximum absolute atomic E-state index is 5.43. The van der Waals surface area contributed by atoms with E-state index >= 15 is 0 Å². The molecule has 2 saturated heterocycles. The minimum Gasteiger partial charge on any atom is -0.481 e. The van der Waals surface area contributed by atoms with Crippen LogP contribution >= 0.6 is 0 Å². The normalized spacial score (nSPS) is 26.7. The summed E-state index contributed by atoms with van der Waals surface area (Å²) in [7, 11) is 0. The van der Waals surface area contributed by atoms with Crippen LogP contribution in [0.3, 0.4) is 0 Å². The van der Waals surface area contributed by atoms with Gasteiger partial charge in [0.15, 0.2) is 0 Å². The Hall–Kier alpha value is -1.46. The fourth-order valence-corrected chi connectivity index (χ4v) is 3.53. The lowest BCUT2D eigenvalue weighted by Crippen LogP contribution is -2.35. The largest absolute Gasteiger partial charge is 0.481 e. The molecule has 0 N–H and O–H groups in total. The zero-order valence-corrected chi connectivity index (χ0v) is 11.3. The monoisotopic (exact) mass is 255 g/mol. The van der Waals surface area contributed by atoms with Crippen LogP contribution in [0.25, 0.3) is 0 Å². The van der Waals surface area contributed by atoms with Crippen molar-refractivity contribution in [3.63, 3.8) is 0 Å². The lowest BCUT2D eigenvalue weighted by molar-refractivity contribution is 0.150. The van der Waals surface area contributed by atoms with Crippen molar-refractivity contribution < 1.29 is 4.74 Å². The number of hydrogen-bond donors (Lipinski definition) is 0. The maximum Gasteiger partial charge on any atom is 0.148 e. The highest BCUT2D eigenvalue weighted by atomic mass is 16.5.